The van der Waals surface area contributed by atoms with Crippen molar-refractivity contribution >= 4 is 22.9 Å². The van der Waals surface area contributed by atoms with Gasteiger partial charge in [0.05, 0.1) is 17.2 Å². The molecule has 0 spiro atoms. The first-order valence-electron chi connectivity index (χ1n) is 7.05. The third-order valence-corrected chi connectivity index (χ3v) is 4.68. The molecule has 0 aliphatic carbocycles. The van der Waals surface area contributed by atoms with E-state index in [-0.39, 0.29) is 6.04 Å². The molecule has 1 aromatic carbocycles. The number of rotatable bonds is 5. The third kappa shape index (κ3) is 3.35. The largest absolute Gasteiger partial charge is 0.486 e. The van der Waals surface area contributed by atoms with E-state index in [1.54, 1.807) is 29.7 Å². The zero-order valence-electron chi connectivity index (χ0n) is 12.1. The minimum Gasteiger partial charge on any atom is -0.486 e. The van der Waals surface area contributed by atoms with Gasteiger partial charge in [-0.2, -0.15) is 0 Å². The Morgan fingerprint density at radius 1 is 1.41 bits per heavy atom. The Hall–Kier alpha value is -1.34. The highest BCUT2D eigenvalue weighted by Crippen LogP contribution is 2.39. The van der Waals surface area contributed by atoms with Crippen LogP contribution in [-0.2, 0) is 0 Å². The standard InChI is InChI=1S/C15H17ClN2O3S/c1-9(15-17-2-5-22-15)18-8-12(19)10-6-11(16)14-13(7-10)20-3-4-21-14/h2,5-7,9,12,18-19H,3-4,8H2,1H3/t9-,12-/m0/s1. The van der Waals surface area contributed by atoms with Crippen LogP contribution in [0.3, 0.4) is 0 Å². The monoisotopic (exact) mass is 340 g/mol. The maximum atomic E-state index is 10.4. The Balaban J connectivity index is 1.67. The molecule has 0 saturated heterocycles. The summed E-state index contributed by atoms with van der Waals surface area (Å²) in [5.41, 5.74) is 0.702. The van der Waals surface area contributed by atoms with E-state index in [0.717, 1.165) is 5.01 Å². The fourth-order valence-corrected chi connectivity index (χ4v) is 3.21. The molecular formula is C15H17ClN2O3S. The highest BCUT2D eigenvalue weighted by Gasteiger charge is 2.20. The Labute approximate surface area is 137 Å². The summed E-state index contributed by atoms with van der Waals surface area (Å²) in [7, 11) is 0. The average Bonchev–Trinajstić information content (AvgIpc) is 3.06. The quantitative estimate of drug-likeness (QED) is 0.876. The van der Waals surface area contributed by atoms with Gasteiger partial charge >= 0.3 is 0 Å². The van der Waals surface area contributed by atoms with Gasteiger partial charge in [0.2, 0.25) is 0 Å². The lowest BCUT2D eigenvalue weighted by atomic mass is 10.1. The van der Waals surface area contributed by atoms with Crippen molar-refractivity contribution in [2.45, 2.75) is 19.1 Å². The summed E-state index contributed by atoms with van der Waals surface area (Å²) in [5.74, 6) is 1.13. The number of halogens is 1. The summed E-state index contributed by atoms with van der Waals surface area (Å²) >= 11 is 7.78. The molecule has 0 unspecified atom stereocenters. The number of benzene rings is 1. The molecule has 0 bridgehead atoms. The molecule has 0 radical (unpaired) electrons. The predicted molar refractivity (Wildman–Crippen MR) is 85.9 cm³/mol. The lowest BCUT2D eigenvalue weighted by molar-refractivity contribution is 0.161. The number of aliphatic hydroxyl groups is 1. The molecule has 0 amide bonds. The molecular weight excluding hydrogens is 324 g/mol. The number of thiazole rings is 1. The molecule has 1 aromatic heterocycles. The smallest absolute Gasteiger partial charge is 0.179 e. The number of ether oxygens (including phenoxy) is 2. The van der Waals surface area contributed by atoms with E-state index in [0.29, 0.717) is 41.8 Å². The number of aliphatic hydroxyl groups excluding tert-OH is 1. The Morgan fingerprint density at radius 3 is 3.00 bits per heavy atom. The highest BCUT2D eigenvalue weighted by atomic mass is 35.5. The molecule has 5 nitrogen and oxygen atoms in total. The van der Waals surface area contributed by atoms with Crippen molar-refractivity contribution in [1.29, 1.82) is 0 Å². The summed E-state index contributed by atoms with van der Waals surface area (Å²) in [6.45, 7) is 3.39. The number of hydrogen-bond acceptors (Lipinski definition) is 6. The number of aromatic nitrogens is 1. The van der Waals surface area contributed by atoms with E-state index in [2.05, 4.69) is 10.3 Å². The topological polar surface area (TPSA) is 63.6 Å². The van der Waals surface area contributed by atoms with Gasteiger partial charge in [-0.3, -0.25) is 0 Å². The lowest BCUT2D eigenvalue weighted by Gasteiger charge is -2.22. The Kier molecular flexibility index (Phi) is 4.83. The van der Waals surface area contributed by atoms with Crippen molar-refractivity contribution in [1.82, 2.24) is 10.3 Å². The van der Waals surface area contributed by atoms with Crippen LogP contribution >= 0.6 is 22.9 Å². The van der Waals surface area contributed by atoms with Gasteiger partial charge in [0.25, 0.3) is 0 Å². The first kappa shape index (κ1) is 15.6. The molecule has 7 heteroatoms. The zero-order valence-corrected chi connectivity index (χ0v) is 13.7. The van der Waals surface area contributed by atoms with Gasteiger partial charge in [-0.15, -0.1) is 11.3 Å². The molecule has 118 valence electrons. The van der Waals surface area contributed by atoms with Crippen LogP contribution in [0, 0.1) is 0 Å². The van der Waals surface area contributed by atoms with E-state index in [1.807, 2.05) is 12.3 Å². The first-order chi connectivity index (χ1) is 10.6. The van der Waals surface area contributed by atoms with Gasteiger partial charge in [0.1, 0.15) is 18.2 Å². The van der Waals surface area contributed by atoms with Crippen LogP contribution in [0.2, 0.25) is 5.02 Å². The molecule has 1 aliphatic rings. The van der Waals surface area contributed by atoms with Crippen LogP contribution in [0.4, 0.5) is 0 Å². The molecule has 0 fully saturated rings. The van der Waals surface area contributed by atoms with Gasteiger partial charge in [0, 0.05) is 18.1 Å². The summed E-state index contributed by atoms with van der Waals surface area (Å²) in [6.07, 6.45) is 1.09. The van der Waals surface area contributed by atoms with Crippen molar-refractivity contribution in [3.8, 4) is 11.5 Å². The van der Waals surface area contributed by atoms with Gasteiger partial charge in [-0.25, -0.2) is 4.98 Å². The molecule has 0 saturated carbocycles. The van der Waals surface area contributed by atoms with E-state index >= 15 is 0 Å². The van der Waals surface area contributed by atoms with E-state index in [4.69, 9.17) is 21.1 Å². The Bertz CT molecular complexity index is 636. The second kappa shape index (κ2) is 6.83. The number of nitrogens with one attached hydrogen (secondary N) is 1. The summed E-state index contributed by atoms with van der Waals surface area (Å²) in [5, 5.41) is 17.0. The molecule has 22 heavy (non-hydrogen) atoms. The maximum Gasteiger partial charge on any atom is 0.179 e. The minimum absolute atomic E-state index is 0.0855. The number of nitrogens with zero attached hydrogens (tertiary/aromatic N) is 1. The Morgan fingerprint density at radius 2 is 2.23 bits per heavy atom. The summed E-state index contributed by atoms with van der Waals surface area (Å²) < 4.78 is 11.0. The van der Waals surface area contributed by atoms with Gasteiger partial charge in [-0.05, 0) is 24.6 Å². The third-order valence-electron chi connectivity index (χ3n) is 3.44. The zero-order chi connectivity index (χ0) is 15.5. The van der Waals surface area contributed by atoms with E-state index in [1.165, 1.54) is 0 Å². The van der Waals surface area contributed by atoms with Gasteiger partial charge < -0.3 is 19.9 Å². The van der Waals surface area contributed by atoms with Crippen LogP contribution in [0.15, 0.2) is 23.7 Å². The number of hydrogen-bond donors (Lipinski definition) is 2. The molecule has 2 atom stereocenters. The SMILES string of the molecule is C[C@H](NC[C@H](O)c1cc(Cl)c2c(c1)OCCO2)c1nccs1. The molecule has 2 heterocycles. The van der Waals surface area contributed by atoms with Crippen LogP contribution in [-0.4, -0.2) is 29.8 Å². The van der Waals surface area contributed by atoms with Crippen molar-refractivity contribution in [3.05, 3.63) is 39.3 Å². The molecule has 1 aliphatic heterocycles. The fraction of sp³-hybridized carbons (Fsp3) is 0.400. The van der Waals surface area contributed by atoms with Crippen molar-refractivity contribution in [2.24, 2.45) is 0 Å². The molecule has 2 aromatic rings. The molecule has 3 rings (SSSR count). The second-order valence-corrected chi connectivity index (χ2v) is 6.38. The first-order valence-corrected chi connectivity index (χ1v) is 8.31. The lowest BCUT2D eigenvalue weighted by Crippen LogP contribution is -2.25. The van der Waals surface area contributed by atoms with Gasteiger partial charge in [-0.1, -0.05) is 11.6 Å². The highest BCUT2D eigenvalue weighted by molar-refractivity contribution is 7.09. The minimum atomic E-state index is -0.685. The summed E-state index contributed by atoms with van der Waals surface area (Å²) in [6, 6.07) is 3.58. The van der Waals surface area contributed by atoms with Crippen molar-refractivity contribution < 1.29 is 14.6 Å². The van der Waals surface area contributed by atoms with E-state index < -0.39 is 6.10 Å². The summed E-state index contributed by atoms with van der Waals surface area (Å²) in [4.78, 5) is 4.26. The van der Waals surface area contributed by atoms with Crippen molar-refractivity contribution in [3.63, 3.8) is 0 Å². The van der Waals surface area contributed by atoms with Crippen LogP contribution < -0.4 is 14.8 Å². The van der Waals surface area contributed by atoms with Crippen LogP contribution in [0.5, 0.6) is 11.5 Å². The predicted octanol–water partition coefficient (Wildman–Crippen LogP) is 2.95. The normalized spacial score (nSPS) is 16.3. The van der Waals surface area contributed by atoms with Gasteiger partial charge in [0.15, 0.2) is 11.5 Å². The average molecular weight is 341 g/mol. The molecule has 2 N–H and O–H groups in total. The maximum absolute atomic E-state index is 10.4. The fourth-order valence-electron chi connectivity index (χ4n) is 2.27. The second-order valence-electron chi connectivity index (χ2n) is 5.04. The van der Waals surface area contributed by atoms with Crippen molar-refractivity contribution in [2.75, 3.05) is 19.8 Å². The number of fused-ring (bicyclic) bond motifs is 1. The van der Waals surface area contributed by atoms with Crippen LogP contribution in [0.1, 0.15) is 29.6 Å². The van der Waals surface area contributed by atoms with E-state index in [9.17, 15) is 5.11 Å². The van der Waals surface area contributed by atoms with Crippen LogP contribution in [0.25, 0.3) is 0 Å².